The predicted octanol–water partition coefficient (Wildman–Crippen LogP) is 0.318. The summed E-state index contributed by atoms with van der Waals surface area (Å²) in [6.45, 7) is 2.77. The van der Waals surface area contributed by atoms with Gasteiger partial charge in [-0.3, -0.25) is 9.69 Å². The molecule has 1 amide bonds. The number of likely N-dealkylation sites (N-methyl/N-ethyl adjacent to an activating group) is 1. The summed E-state index contributed by atoms with van der Waals surface area (Å²) in [5, 5.41) is 13.9. The van der Waals surface area contributed by atoms with Gasteiger partial charge in [-0.15, -0.1) is 0 Å². The number of nitrogens with one attached hydrogen (secondary N) is 2. The molecule has 1 saturated heterocycles. The number of aromatic nitrogens is 2. The lowest BCUT2D eigenvalue weighted by molar-refractivity contribution is -0.126. The van der Waals surface area contributed by atoms with Crippen LogP contribution in [0.25, 0.3) is 11.5 Å². The van der Waals surface area contributed by atoms with Gasteiger partial charge in [0.15, 0.2) is 5.82 Å². The Morgan fingerprint density at radius 1 is 1.67 bits per heavy atom. The molecule has 21 heavy (non-hydrogen) atoms. The smallest absolute Gasteiger partial charge is 0.258 e. The third-order valence-electron chi connectivity index (χ3n) is 3.48. The summed E-state index contributed by atoms with van der Waals surface area (Å²) in [5.74, 6) is 1.13. The summed E-state index contributed by atoms with van der Waals surface area (Å²) in [5.41, 5.74) is 0.932. The Labute approximate surface area is 126 Å². The van der Waals surface area contributed by atoms with E-state index in [0.717, 1.165) is 18.7 Å². The first-order chi connectivity index (χ1) is 10.3. The predicted molar refractivity (Wildman–Crippen MR) is 78.7 cm³/mol. The summed E-state index contributed by atoms with van der Waals surface area (Å²) in [6, 6.07) is 1.74. The minimum Gasteiger partial charge on any atom is -0.358 e. The molecule has 0 bridgehead atoms. The van der Waals surface area contributed by atoms with Crippen LogP contribution in [0.2, 0.25) is 0 Å². The zero-order valence-electron chi connectivity index (χ0n) is 11.7. The van der Waals surface area contributed by atoms with Crippen molar-refractivity contribution in [2.24, 2.45) is 0 Å². The standard InChI is InChI=1S/C13H17N5O2S/c1-14-12(19)10-6-15-3-4-18(10)7-11-16-13(20-17-11)9-2-5-21-8-9/h2,5,8,10,15H,3-4,6-7H2,1H3,(H,14,19). The summed E-state index contributed by atoms with van der Waals surface area (Å²) >= 11 is 1.59. The van der Waals surface area contributed by atoms with Gasteiger partial charge < -0.3 is 15.2 Å². The average molecular weight is 307 g/mol. The summed E-state index contributed by atoms with van der Waals surface area (Å²) in [4.78, 5) is 18.4. The average Bonchev–Trinajstić information content (AvgIpc) is 3.18. The number of piperazine rings is 1. The first-order valence-corrected chi connectivity index (χ1v) is 7.73. The van der Waals surface area contributed by atoms with Crippen molar-refractivity contribution in [3.05, 3.63) is 22.7 Å². The highest BCUT2D eigenvalue weighted by atomic mass is 32.1. The highest BCUT2D eigenvalue weighted by molar-refractivity contribution is 7.08. The van der Waals surface area contributed by atoms with Gasteiger partial charge in [-0.25, -0.2) is 0 Å². The number of thiophene rings is 1. The lowest BCUT2D eigenvalue weighted by Crippen LogP contribution is -2.57. The normalized spacial score (nSPS) is 19.6. The van der Waals surface area contributed by atoms with E-state index in [1.54, 1.807) is 18.4 Å². The molecule has 2 aromatic rings. The second-order valence-corrected chi connectivity index (χ2v) is 5.61. The fourth-order valence-corrected chi connectivity index (χ4v) is 2.99. The topological polar surface area (TPSA) is 83.3 Å². The molecule has 2 N–H and O–H groups in total. The minimum atomic E-state index is -0.202. The number of hydrogen-bond donors (Lipinski definition) is 2. The lowest BCUT2D eigenvalue weighted by atomic mass is 10.1. The zero-order valence-corrected chi connectivity index (χ0v) is 12.5. The van der Waals surface area contributed by atoms with Gasteiger partial charge >= 0.3 is 0 Å². The van der Waals surface area contributed by atoms with E-state index in [4.69, 9.17) is 4.52 Å². The van der Waals surface area contributed by atoms with Crippen LogP contribution in [0.15, 0.2) is 21.3 Å². The summed E-state index contributed by atoms with van der Waals surface area (Å²) in [6.07, 6.45) is 0. The van der Waals surface area contributed by atoms with E-state index in [9.17, 15) is 4.79 Å². The molecule has 1 fully saturated rings. The van der Waals surface area contributed by atoms with Crippen LogP contribution in [-0.4, -0.2) is 53.7 Å². The Kier molecular flexibility index (Phi) is 4.28. The first-order valence-electron chi connectivity index (χ1n) is 6.79. The highest BCUT2D eigenvalue weighted by Gasteiger charge is 2.29. The van der Waals surface area contributed by atoms with E-state index in [2.05, 4.69) is 25.7 Å². The third kappa shape index (κ3) is 3.12. The van der Waals surface area contributed by atoms with Crippen LogP contribution >= 0.6 is 11.3 Å². The molecule has 0 aliphatic carbocycles. The summed E-state index contributed by atoms with van der Waals surface area (Å²) < 4.78 is 5.28. The van der Waals surface area contributed by atoms with E-state index < -0.39 is 0 Å². The first kappa shape index (κ1) is 14.2. The monoisotopic (exact) mass is 307 g/mol. The van der Waals surface area contributed by atoms with Crippen LogP contribution in [0.4, 0.5) is 0 Å². The Hall–Kier alpha value is -1.77. The van der Waals surface area contributed by atoms with E-state index in [1.807, 2.05) is 16.8 Å². The lowest BCUT2D eigenvalue weighted by Gasteiger charge is -2.33. The third-order valence-corrected chi connectivity index (χ3v) is 4.17. The molecule has 1 aliphatic rings. The maximum atomic E-state index is 11.9. The SMILES string of the molecule is CNC(=O)C1CNCCN1Cc1noc(-c2ccsc2)n1. The molecule has 1 atom stereocenters. The van der Waals surface area contributed by atoms with Crippen molar-refractivity contribution < 1.29 is 9.32 Å². The number of hydrogen-bond acceptors (Lipinski definition) is 7. The van der Waals surface area contributed by atoms with E-state index in [1.165, 1.54) is 0 Å². The summed E-state index contributed by atoms with van der Waals surface area (Å²) in [7, 11) is 1.65. The van der Waals surface area contributed by atoms with Crippen LogP contribution in [0.1, 0.15) is 5.82 Å². The molecule has 1 unspecified atom stereocenters. The zero-order chi connectivity index (χ0) is 14.7. The largest absolute Gasteiger partial charge is 0.358 e. The molecule has 3 rings (SSSR count). The fourth-order valence-electron chi connectivity index (χ4n) is 2.36. The number of amides is 1. The minimum absolute atomic E-state index is 0.00347. The van der Waals surface area contributed by atoms with Gasteiger partial charge in [-0.05, 0) is 11.4 Å². The van der Waals surface area contributed by atoms with Gasteiger partial charge in [0.2, 0.25) is 5.91 Å². The molecule has 0 spiro atoms. The number of nitrogens with zero attached hydrogens (tertiary/aromatic N) is 3. The van der Waals surface area contributed by atoms with Crippen molar-refractivity contribution in [2.45, 2.75) is 12.6 Å². The van der Waals surface area contributed by atoms with Crippen molar-refractivity contribution in [2.75, 3.05) is 26.7 Å². The second kappa shape index (κ2) is 6.33. The van der Waals surface area contributed by atoms with Crippen molar-refractivity contribution >= 4 is 17.2 Å². The number of carbonyl (C=O) groups excluding carboxylic acids is 1. The molecular formula is C13H17N5O2S. The Bertz CT molecular complexity index is 597. The molecule has 112 valence electrons. The molecule has 0 radical (unpaired) electrons. The maximum Gasteiger partial charge on any atom is 0.258 e. The van der Waals surface area contributed by atoms with Crippen molar-refractivity contribution in [1.29, 1.82) is 0 Å². The molecule has 3 heterocycles. The quantitative estimate of drug-likeness (QED) is 0.846. The van der Waals surface area contributed by atoms with Gasteiger partial charge in [0.25, 0.3) is 5.89 Å². The van der Waals surface area contributed by atoms with Crippen molar-refractivity contribution in [3.63, 3.8) is 0 Å². The molecule has 1 aliphatic heterocycles. The Balaban J connectivity index is 1.71. The number of carbonyl (C=O) groups is 1. The van der Waals surface area contributed by atoms with E-state index in [-0.39, 0.29) is 11.9 Å². The van der Waals surface area contributed by atoms with E-state index in [0.29, 0.717) is 24.8 Å². The molecule has 2 aromatic heterocycles. The number of rotatable bonds is 4. The molecule has 0 saturated carbocycles. The van der Waals surface area contributed by atoms with Gasteiger partial charge in [-0.1, -0.05) is 5.16 Å². The molecule has 0 aromatic carbocycles. The van der Waals surface area contributed by atoms with Gasteiger partial charge in [-0.2, -0.15) is 16.3 Å². The van der Waals surface area contributed by atoms with Crippen LogP contribution < -0.4 is 10.6 Å². The van der Waals surface area contributed by atoms with Crippen LogP contribution in [0, 0.1) is 0 Å². The van der Waals surface area contributed by atoms with Gasteiger partial charge in [0.1, 0.15) is 6.04 Å². The van der Waals surface area contributed by atoms with Crippen LogP contribution in [-0.2, 0) is 11.3 Å². The van der Waals surface area contributed by atoms with Crippen LogP contribution in [0.3, 0.4) is 0 Å². The maximum absolute atomic E-state index is 11.9. The fraction of sp³-hybridized carbons (Fsp3) is 0.462. The van der Waals surface area contributed by atoms with E-state index >= 15 is 0 Å². The molecule has 7 nitrogen and oxygen atoms in total. The second-order valence-electron chi connectivity index (χ2n) is 4.83. The Morgan fingerprint density at radius 3 is 3.33 bits per heavy atom. The van der Waals surface area contributed by atoms with Crippen LogP contribution in [0.5, 0.6) is 0 Å². The van der Waals surface area contributed by atoms with Crippen molar-refractivity contribution in [3.8, 4) is 11.5 Å². The van der Waals surface area contributed by atoms with Crippen molar-refractivity contribution in [1.82, 2.24) is 25.7 Å². The molecule has 8 heteroatoms. The molecular weight excluding hydrogens is 290 g/mol. The van der Waals surface area contributed by atoms with Gasteiger partial charge in [0.05, 0.1) is 12.1 Å². The Morgan fingerprint density at radius 2 is 2.57 bits per heavy atom. The highest BCUT2D eigenvalue weighted by Crippen LogP contribution is 2.20. The van der Waals surface area contributed by atoms with Gasteiger partial charge in [0, 0.05) is 32.1 Å².